The number of rotatable bonds is 2. The third-order valence-electron chi connectivity index (χ3n) is 3.69. The first kappa shape index (κ1) is 14.3. The molecule has 3 rings (SSSR count). The Balaban J connectivity index is 2.23. The highest BCUT2D eigenvalue weighted by molar-refractivity contribution is 6.31. The van der Waals surface area contributed by atoms with Crippen molar-refractivity contribution in [1.82, 2.24) is 4.98 Å². The third kappa shape index (κ3) is 2.39. The Morgan fingerprint density at radius 1 is 1.38 bits per heavy atom. The van der Waals surface area contributed by atoms with Gasteiger partial charge in [0.1, 0.15) is 17.3 Å². The third-order valence-corrected chi connectivity index (χ3v) is 3.98. The Bertz CT molecular complexity index is 716. The maximum Gasteiger partial charge on any atom is 0.149 e. The second-order valence-corrected chi connectivity index (χ2v) is 6.21. The number of aromatic nitrogens is 1. The summed E-state index contributed by atoms with van der Waals surface area (Å²) in [4.78, 5) is 4.41. The van der Waals surface area contributed by atoms with Crippen LogP contribution in [-0.2, 0) is 12.0 Å². The Kier molecular flexibility index (Phi) is 3.38. The quantitative estimate of drug-likeness (QED) is 0.920. The van der Waals surface area contributed by atoms with Gasteiger partial charge < -0.3 is 9.84 Å². The topological polar surface area (TPSA) is 42.4 Å². The number of aliphatic hydroxyl groups is 1. The summed E-state index contributed by atoms with van der Waals surface area (Å²) in [6.45, 7) is 4.52. The Hall–Kier alpha value is -1.65. The standard InChI is InChI=1S/C16H15ClFNO2/c1-16(2)8-21-15-11(16)6-10(7-20)19-14(15)9-3-4-13(18)12(17)5-9/h3-6,20H,7-8H2,1-2H3. The lowest BCUT2D eigenvalue weighted by Gasteiger charge is -2.16. The summed E-state index contributed by atoms with van der Waals surface area (Å²) >= 11 is 5.85. The van der Waals surface area contributed by atoms with Crippen LogP contribution in [0.2, 0.25) is 5.02 Å². The minimum atomic E-state index is -0.475. The summed E-state index contributed by atoms with van der Waals surface area (Å²) < 4.78 is 19.1. The van der Waals surface area contributed by atoms with Crippen LogP contribution in [0.5, 0.6) is 5.75 Å². The molecular formula is C16H15ClFNO2. The van der Waals surface area contributed by atoms with Crippen LogP contribution in [0.15, 0.2) is 24.3 Å². The van der Waals surface area contributed by atoms with Crippen LogP contribution < -0.4 is 4.74 Å². The van der Waals surface area contributed by atoms with E-state index in [9.17, 15) is 9.50 Å². The summed E-state index contributed by atoms with van der Waals surface area (Å²) in [5.41, 5.74) is 2.66. The lowest BCUT2D eigenvalue weighted by atomic mass is 9.86. The molecule has 0 saturated heterocycles. The van der Waals surface area contributed by atoms with Crippen LogP contribution in [0.1, 0.15) is 25.1 Å². The highest BCUT2D eigenvalue weighted by Crippen LogP contribution is 2.44. The van der Waals surface area contributed by atoms with E-state index in [2.05, 4.69) is 18.8 Å². The van der Waals surface area contributed by atoms with Gasteiger partial charge in [-0.15, -0.1) is 0 Å². The second-order valence-electron chi connectivity index (χ2n) is 5.80. The van der Waals surface area contributed by atoms with Crippen molar-refractivity contribution in [2.45, 2.75) is 25.9 Å². The molecule has 0 unspecified atom stereocenters. The van der Waals surface area contributed by atoms with Gasteiger partial charge in [-0.05, 0) is 24.3 Å². The van der Waals surface area contributed by atoms with Crippen LogP contribution in [0.4, 0.5) is 4.39 Å². The van der Waals surface area contributed by atoms with E-state index in [0.717, 1.165) is 5.56 Å². The molecule has 0 atom stereocenters. The first-order valence-corrected chi connectivity index (χ1v) is 7.03. The first-order chi connectivity index (χ1) is 9.92. The normalized spacial score (nSPS) is 15.7. The minimum absolute atomic E-state index is 0.0368. The molecular weight excluding hydrogens is 293 g/mol. The average molecular weight is 308 g/mol. The number of nitrogens with zero attached hydrogens (tertiary/aromatic N) is 1. The van der Waals surface area contributed by atoms with Gasteiger partial charge in [0.15, 0.2) is 0 Å². The van der Waals surface area contributed by atoms with E-state index in [1.165, 1.54) is 12.1 Å². The Labute approximate surface area is 127 Å². The number of halogens is 2. The summed E-state index contributed by atoms with van der Waals surface area (Å²) in [6.07, 6.45) is 0. The molecule has 0 saturated carbocycles. The van der Waals surface area contributed by atoms with Crippen LogP contribution in [-0.4, -0.2) is 16.7 Å². The highest BCUT2D eigenvalue weighted by atomic mass is 35.5. The lowest BCUT2D eigenvalue weighted by molar-refractivity contribution is 0.276. The lowest BCUT2D eigenvalue weighted by Crippen LogP contribution is -2.18. The average Bonchev–Trinajstić information content (AvgIpc) is 2.77. The van der Waals surface area contributed by atoms with Crippen molar-refractivity contribution in [3.63, 3.8) is 0 Å². The maximum atomic E-state index is 13.3. The molecule has 0 bridgehead atoms. The molecule has 0 radical (unpaired) electrons. The molecule has 2 heterocycles. The molecule has 21 heavy (non-hydrogen) atoms. The van der Waals surface area contributed by atoms with Crippen molar-refractivity contribution in [3.05, 3.63) is 46.4 Å². The SMILES string of the molecule is CC1(C)COc2c1cc(CO)nc2-c1ccc(F)c(Cl)c1. The van der Waals surface area contributed by atoms with Crippen LogP contribution >= 0.6 is 11.6 Å². The summed E-state index contributed by atoms with van der Waals surface area (Å²) in [5, 5.41) is 9.46. The summed E-state index contributed by atoms with van der Waals surface area (Å²) in [6, 6.07) is 6.30. The van der Waals surface area contributed by atoms with E-state index >= 15 is 0 Å². The summed E-state index contributed by atoms with van der Waals surface area (Å²) in [7, 11) is 0. The Morgan fingerprint density at radius 2 is 2.14 bits per heavy atom. The molecule has 0 fully saturated rings. The van der Waals surface area contributed by atoms with E-state index in [1.807, 2.05) is 6.07 Å². The van der Waals surface area contributed by atoms with E-state index in [-0.39, 0.29) is 17.0 Å². The van der Waals surface area contributed by atoms with Gasteiger partial charge in [-0.25, -0.2) is 9.37 Å². The molecule has 1 aliphatic rings. The fourth-order valence-electron chi connectivity index (χ4n) is 2.49. The largest absolute Gasteiger partial charge is 0.490 e. The smallest absolute Gasteiger partial charge is 0.149 e. The monoisotopic (exact) mass is 307 g/mol. The van der Waals surface area contributed by atoms with E-state index in [4.69, 9.17) is 16.3 Å². The molecule has 1 aromatic heterocycles. The maximum absolute atomic E-state index is 13.3. The van der Waals surface area contributed by atoms with Crippen LogP contribution in [0, 0.1) is 5.82 Å². The van der Waals surface area contributed by atoms with Crippen molar-refractivity contribution in [3.8, 4) is 17.0 Å². The van der Waals surface area contributed by atoms with Gasteiger partial charge in [0.05, 0.1) is 23.9 Å². The zero-order valence-electron chi connectivity index (χ0n) is 11.8. The number of fused-ring (bicyclic) bond motifs is 1. The van der Waals surface area contributed by atoms with Crippen molar-refractivity contribution in [1.29, 1.82) is 0 Å². The van der Waals surface area contributed by atoms with Crippen molar-refractivity contribution >= 4 is 11.6 Å². The molecule has 5 heteroatoms. The molecule has 3 nitrogen and oxygen atoms in total. The van der Waals surface area contributed by atoms with Crippen molar-refractivity contribution in [2.75, 3.05) is 6.61 Å². The van der Waals surface area contributed by atoms with Gasteiger partial charge in [-0.2, -0.15) is 0 Å². The summed E-state index contributed by atoms with van der Waals surface area (Å²) in [5.74, 6) is 0.205. The molecule has 1 aromatic carbocycles. The molecule has 110 valence electrons. The Morgan fingerprint density at radius 3 is 2.81 bits per heavy atom. The van der Waals surface area contributed by atoms with E-state index < -0.39 is 5.82 Å². The predicted molar refractivity (Wildman–Crippen MR) is 79.1 cm³/mol. The van der Waals surface area contributed by atoms with Gasteiger partial charge in [0, 0.05) is 16.5 Å². The zero-order valence-corrected chi connectivity index (χ0v) is 12.5. The van der Waals surface area contributed by atoms with Gasteiger partial charge >= 0.3 is 0 Å². The number of hydrogen-bond donors (Lipinski definition) is 1. The highest BCUT2D eigenvalue weighted by Gasteiger charge is 2.35. The number of ether oxygens (including phenoxy) is 1. The van der Waals surface area contributed by atoms with Crippen LogP contribution in [0.25, 0.3) is 11.3 Å². The number of pyridine rings is 1. The molecule has 1 aliphatic heterocycles. The van der Waals surface area contributed by atoms with E-state index in [1.54, 1.807) is 6.07 Å². The number of hydrogen-bond acceptors (Lipinski definition) is 3. The predicted octanol–water partition coefficient (Wildman–Crippen LogP) is 3.70. The van der Waals surface area contributed by atoms with Crippen LogP contribution in [0.3, 0.4) is 0 Å². The minimum Gasteiger partial charge on any atom is -0.490 e. The molecule has 0 amide bonds. The molecule has 1 N–H and O–H groups in total. The second kappa shape index (κ2) is 4.97. The van der Waals surface area contributed by atoms with Crippen molar-refractivity contribution in [2.24, 2.45) is 0 Å². The van der Waals surface area contributed by atoms with Crippen molar-refractivity contribution < 1.29 is 14.2 Å². The number of aliphatic hydroxyl groups excluding tert-OH is 1. The fraction of sp³-hybridized carbons (Fsp3) is 0.312. The van der Waals surface area contributed by atoms with Gasteiger partial charge in [-0.1, -0.05) is 25.4 Å². The molecule has 0 spiro atoms. The number of benzene rings is 1. The molecule has 0 aliphatic carbocycles. The van der Waals surface area contributed by atoms with E-state index in [0.29, 0.717) is 29.3 Å². The first-order valence-electron chi connectivity index (χ1n) is 6.66. The van der Waals surface area contributed by atoms with Gasteiger partial charge in [-0.3, -0.25) is 0 Å². The van der Waals surface area contributed by atoms with Gasteiger partial charge in [0.2, 0.25) is 0 Å². The fourth-order valence-corrected chi connectivity index (χ4v) is 2.67. The zero-order chi connectivity index (χ0) is 15.2. The van der Waals surface area contributed by atoms with Gasteiger partial charge in [0.25, 0.3) is 0 Å². The molecule has 2 aromatic rings.